The third-order valence-corrected chi connectivity index (χ3v) is 5.14. The molecule has 6 heteroatoms. The topological polar surface area (TPSA) is 66.2 Å². The molecule has 0 aromatic carbocycles. The van der Waals surface area contributed by atoms with Gasteiger partial charge in [-0.25, -0.2) is 0 Å². The van der Waals surface area contributed by atoms with Gasteiger partial charge in [-0.15, -0.1) is 0 Å². The Hall–Kier alpha value is -1.37. The maximum atomic E-state index is 11.8. The summed E-state index contributed by atoms with van der Waals surface area (Å²) in [6.07, 6.45) is 5.50. The van der Waals surface area contributed by atoms with Crippen LogP contribution in [0, 0.1) is 0 Å². The van der Waals surface area contributed by atoms with E-state index >= 15 is 0 Å². The van der Waals surface area contributed by atoms with Crippen LogP contribution in [-0.4, -0.2) is 65.2 Å². The van der Waals surface area contributed by atoms with E-state index in [1.54, 1.807) is 13.2 Å². The number of aliphatic hydroxyl groups excluding tert-OH is 1. The second kappa shape index (κ2) is 8.14. The zero-order chi connectivity index (χ0) is 16.9. The Morgan fingerprint density at radius 3 is 2.92 bits per heavy atom. The second-order valence-electron chi connectivity index (χ2n) is 6.87. The largest absolute Gasteiger partial charge is 0.467 e. The minimum Gasteiger partial charge on any atom is -0.467 e. The van der Waals surface area contributed by atoms with Crippen molar-refractivity contribution in [2.24, 2.45) is 0 Å². The average Bonchev–Trinajstić information content (AvgIpc) is 3.28. The number of β-amino-alcohol motifs (C(OH)–C–C–N with tert-alkyl or cyclic N) is 1. The van der Waals surface area contributed by atoms with Gasteiger partial charge in [0.15, 0.2) is 0 Å². The van der Waals surface area contributed by atoms with Gasteiger partial charge in [-0.1, -0.05) is 0 Å². The Kier molecular flexibility index (Phi) is 5.92. The minimum atomic E-state index is -0.521. The molecule has 2 aliphatic heterocycles. The van der Waals surface area contributed by atoms with Gasteiger partial charge < -0.3 is 19.2 Å². The van der Waals surface area contributed by atoms with Crippen LogP contribution in [0.5, 0.6) is 0 Å². The predicted molar refractivity (Wildman–Crippen MR) is 89.4 cm³/mol. The molecule has 0 spiro atoms. The summed E-state index contributed by atoms with van der Waals surface area (Å²) < 4.78 is 10.7. The summed E-state index contributed by atoms with van der Waals surface area (Å²) in [7, 11) is 0. The number of furan rings is 1. The third-order valence-electron chi connectivity index (χ3n) is 5.14. The highest BCUT2D eigenvalue weighted by molar-refractivity contribution is 5.74. The lowest BCUT2D eigenvalue weighted by atomic mass is 10.0. The molecule has 0 saturated carbocycles. The number of carbonyl (C=O) groups is 1. The monoisotopic (exact) mass is 336 g/mol. The highest BCUT2D eigenvalue weighted by Gasteiger charge is 2.39. The van der Waals surface area contributed by atoms with Gasteiger partial charge in [0.1, 0.15) is 12.4 Å². The van der Waals surface area contributed by atoms with Crippen LogP contribution in [0.4, 0.5) is 0 Å². The van der Waals surface area contributed by atoms with E-state index in [0.29, 0.717) is 31.8 Å². The van der Waals surface area contributed by atoms with Crippen molar-refractivity contribution in [2.75, 3.05) is 26.2 Å². The standard InChI is InChI=1S/C18H28N2O4/c1-14(21)20-9-3-7-18(20)17-6-2-8-19(17)11-15(22)12-23-13-16-5-4-10-24-16/h4-5,10,15,17-18,22H,2-3,6-9,11-13H2,1H3/t15-,17-,18-/m1/s1. The van der Waals surface area contributed by atoms with E-state index in [0.717, 1.165) is 44.5 Å². The predicted octanol–water partition coefficient (Wildman–Crippen LogP) is 1.63. The molecule has 2 fully saturated rings. The van der Waals surface area contributed by atoms with Crippen LogP contribution in [0.25, 0.3) is 0 Å². The smallest absolute Gasteiger partial charge is 0.219 e. The number of hydrogen-bond acceptors (Lipinski definition) is 5. The lowest BCUT2D eigenvalue weighted by Crippen LogP contribution is -2.49. The average molecular weight is 336 g/mol. The lowest BCUT2D eigenvalue weighted by Gasteiger charge is -2.35. The van der Waals surface area contributed by atoms with Crippen molar-refractivity contribution in [2.45, 2.75) is 57.4 Å². The summed E-state index contributed by atoms with van der Waals surface area (Å²) in [5.74, 6) is 0.941. The molecule has 24 heavy (non-hydrogen) atoms. The van der Waals surface area contributed by atoms with Crippen LogP contribution < -0.4 is 0 Å². The number of amides is 1. The van der Waals surface area contributed by atoms with Crippen molar-refractivity contribution in [3.8, 4) is 0 Å². The van der Waals surface area contributed by atoms with Gasteiger partial charge in [0, 0.05) is 32.1 Å². The molecule has 0 radical (unpaired) electrons. The first-order valence-corrected chi connectivity index (χ1v) is 8.94. The molecule has 2 saturated heterocycles. The number of hydrogen-bond donors (Lipinski definition) is 1. The van der Waals surface area contributed by atoms with Crippen molar-refractivity contribution < 1.29 is 19.1 Å². The van der Waals surface area contributed by atoms with Crippen molar-refractivity contribution in [3.05, 3.63) is 24.2 Å². The molecule has 1 N–H and O–H groups in total. The van der Waals surface area contributed by atoms with Crippen LogP contribution in [-0.2, 0) is 16.1 Å². The third kappa shape index (κ3) is 4.18. The molecule has 0 bridgehead atoms. The van der Waals surface area contributed by atoms with Crippen LogP contribution in [0.2, 0.25) is 0 Å². The van der Waals surface area contributed by atoms with Crippen molar-refractivity contribution in [3.63, 3.8) is 0 Å². The number of likely N-dealkylation sites (tertiary alicyclic amines) is 2. The van der Waals surface area contributed by atoms with E-state index in [1.807, 2.05) is 17.0 Å². The number of carbonyl (C=O) groups excluding carboxylic acids is 1. The van der Waals surface area contributed by atoms with Gasteiger partial charge in [0.05, 0.1) is 19.0 Å². The van der Waals surface area contributed by atoms with Crippen LogP contribution >= 0.6 is 0 Å². The van der Waals surface area contributed by atoms with Crippen LogP contribution in [0.15, 0.2) is 22.8 Å². The van der Waals surface area contributed by atoms with Gasteiger partial charge in [-0.2, -0.15) is 0 Å². The molecule has 0 aliphatic carbocycles. The first-order chi connectivity index (χ1) is 11.6. The molecule has 134 valence electrons. The molecular formula is C18H28N2O4. The van der Waals surface area contributed by atoms with Gasteiger partial charge >= 0.3 is 0 Å². The lowest BCUT2D eigenvalue weighted by molar-refractivity contribution is -0.130. The highest BCUT2D eigenvalue weighted by atomic mass is 16.5. The zero-order valence-electron chi connectivity index (χ0n) is 14.4. The highest BCUT2D eigenvalue weighted by Crippen LogP contribution is 2.30. The van der Waals surface area contributed by atoms with E-state index < -0.39 is 6.10 Å². The van der Waals surface area contributed by atoms with E-state index in [-0.39, 0.29) is 5.91 Å². The Morgan fingerprint density at radius 1 is 1.38 bits per heavy atom. The van der Waals surface area contributed by atoms with Crippen molar-refractivity contribution >= 4 is 5.91 Å². The summed E-state index contributed by atoms with van der Waals surface area (Å²) >= 11 is 0. The van der Waals surface area contributed by atoms with Gasteiger partial charge in [0.2, 0.25) is 5.91 Å². The number of rotatable bonds is 7. The number of nitrogens with zero attached hydrogens (tertiary/aromatic N) is 2. The Morgan fingerprint density at radius 2 is 2.17 bits per heavy atom. The zero-order valence-corrected chi connectivity index (χ0v) is 14.4. The maximum Gasteiger partial charge on any atom is 0.219 e. The molecule has 1 aromatic heterocycles. The normalized spacial score (nSPS) is 26.2. The van der Waals surface area contributed by atoms with Crippen LogP contribution in [0.3, 0.4) is 0 Å². The fourth-order valence-corrected chi connectivity index (χ4v) is 4.11. The van der Waals surface area contributed by atoms with E-state index in [9.17, 15) is 9.90 Å². The van der Waals surface area contributed by atoms with Gasteiger partial charge in [-0.05, 0) is 44.4 Å². The molecule has 3 rings (SSSR count). The Bertz CT molecular complexity index is 519. The first-order valence-electron chi connectivity index (χ1n) is 8.94. The summed E-state index contributed by atoms with van der Waals surface area (Å²) in [6.45, 7) is 4.81. The SMILES string of the molecule is CC(=O)N1CCC[C@@H]1[C@H]1CCCN1C[C@@H](O)COCc1ccco1. The summed E-state index contributed by atoms with van der Waals surface area (Å²) in [5, 5.41) is 10.3. The van der Waals surface area contributed by atoms with Crippen molar-refractivity contribution in [1.29, 1.82) is 0 Å². The van der Waals surface area contributed by atoms with Crippen molar-refractivity contribution in [1.82, 2.24) is 9.80 Å². The summed E-state index contributed by atoms with van der Waals surface area (Å²) in [4.78, 5) is 16.2. The van der Waals surface area contributed by atoms with Gasteiger partial charge in [0.25, 0.3) is 0 Å². The fourth-order valence-electron chi connectivity index (χ4n) is 4.11. The quantitative estimate of drug-likeness (QED) is 0.820. The Labute approximate surface area is 143 Å². The van der Waals surface area contributed by atoms with E-state index in [2.05, 4.69) is 4.90 Å². The molecular weight excluding hydrogens is 308 g/mol. The fraction of sp³-hybridized carbons (Fsp3) is 0.722. The van der Waals surface area contributed by atoms with E-state index in [4.69, 9.17) is 9.15 Å². The molecule has 0 unspecified atom stereocenters. The Balaban J connectivity index is 1.47. The molecule has 3 heterocycles. The number of ether oxygens (including phenoxy) is 1. The minimum absolute atomic E-state index is 0.173. The summed E-state index contributed by atoms with van der Waals surface area (Å²) in [6, 6.07) is 4.36. The molecule has 6 nitrogen and oxygen atoms in total. The first kappa shape index (κ1) is 17.5. The van der Waals surface area contributed by atoms with Crippen LogP contribution in [0.1, 0.15) is 38.4 Å². The maximum absolute atomic E-state index is 11.8. The molecule has 1 aromatic rings. The molecule has 1 amide bonds. The van der Waals surface area contributed by atoms with E-state index in [1.165, 1.54) is 0 Å². The number of aliphatic hydroxyl groups is 1. The second-order valence-corrected chi connectivity index (χ2v) is 6.87. The molecule has 2 aliphatic rings. The summed E-state index contributed by atoms with van der Waals surface area (Å²) in [5.41, 5.74) is 0. The van der Waals surface area contributed by atoms with Gasteiger partial charge in [-0.3, -0.25) is 9.69 Å². The molecule has 3 atom stereocenters.